The smallest absolute Gasteiger partial charge is 0.0949 e. The highest BCUT2D eigenvalue weighted by Crippen LogP contribution is 2.29. The molecule has 0 bridgehead atoms. The third-order valence-electron chi connectivity index (χ3n) is 4.00. The molecule has 3 heterocycles. The number of aromatic nitrogens is 2. The Bertz CT molecular complexity index is 604. The van der Waals surface area contributed by atoms with Crippen LogP contribution in [0.4, 0.5) is 0 Å². The molecular formula is C16H23N3OS. The van der Waals surface area contributed by atoms with E-state index in [0.717, 1.165) is 32.8 Å². The highest BCUT2D eigenvalue weighted by Gasteiger charge is 2.29. The van der Waals surface area contributed by atoms with Crippen LogP contribution in [0.15, 0.2) is 18.5 Å². The van der Waals surface area contributed by atoms with Crippen molar-refractivity contribution in [3.8, 4) is 0 Å². The molecule has 1 unspecified atom stereocenters. The minimum absolute atomic E-state index is 0.419. The zero-order chi connectivity index (χ0) is 14.8. The van der Waals surface area contributed by atoms with Gasteiger partial charge < -0.3 is 9.30 Å². The van der Waals surface area contributed by atoms with Crippen LogP contribution in [-0.4, -0.2) is 34.2 Å². The second-order valence-electron chi connectivity index (χ2n) is 5.73. The van der Waals surface area contributed by atoms with Crippen molar-refractivity contribution in [2.45, 2.75) is 32.9 Å². The van der Waals surface area contributed by atoms with Crippen LogP contribution in [0.2, 0.25) is 0 Å². The first-order chi connectivity index (χ1) is 10.2. The zero-order valence-electron chi connectivity index (χ0n) is 13.0. The molecule has 114 valence electrons. The summed E-state index contributed by atoms with van der Waals surface area (Å²) >= 11 is 1.89. The fourth-order valence-electron chi connectivity index (χ4n) is 3.11. The first-order valence-electron chi connectivity index (χ1n) is 7.53. The molecule has 0 aliphatic carbocycles. The average Bonchev–Trinajstić information content (AvgIpc) is 3.03. The Morgan fingerprint density at radius 2 is 2.29 bits per heavy atom. The van der Waals surface area contributed by atoms with E-state index >= 15 is 0 Å². The van der Waals surface area contributed by atoms with Gasteiger partial charge in [0.15, 0.2) is 0 Å². The van der Waals surface area contributed by atoms with E-state index in [-0.39, 0.29) is 0 Å². The number of nitrogens with zero attached hydrogens (tertiary/aromatic N) is 3. The van der Waals surface area contributed by atoms with E-state index in [1.165, 1.54) is 21.1 Å². The predicted molar refractivity (Wildman–Crippen MR) is 85.6 cm³/mol. The Balaban J connectivity index is 1.76. The van der Waals surface area contributed by atoms with Gasteiger partial charge in [0.2, 0.25) is 0 Å². The predicted octanol–water partition coefficient (Wildman–Crippen LogP) is 2.93. The summed E-state index contributed by atoms with van der Waals surface area (Å²) in [6.07, 6.45) is 1.93. The zero-order valence-corrected chi connectivity index (χ0v) is 13.8. The van der Waals surface area contributed by atoms with Gasteiger partial charge in [0.25, 0.3) is 0 Å². The summed E-state index contributed by atoms with van der Waals surface area (Å²) < 4.78 is 7.85. The van der Waals surface area contributed by atoms with Gasteiger partial charge in [0, 0.05) is 54.7 Å². The van der Waals surface area contributed by atoms with Crippen LogP contribution in [0.3, 0.4) is 0 Å². The van der Waals surface area contributed by atoms with Gasteiger partial charge in [0.05, 0.1) is 18.6 Å². The second-order valence-corrected chi connectivity index (χ2v) is 7.10. The maximum atomic E-state index is 5.69. The van der Waals surface area contributed by atoms with Crippen LogP contribution in [0.1, 0.15) is 34.0 Å². The van der Waals surface area contributed by atoms with Crippen LogP contribution in [0.5, 0.6) is 0 Å². The maximum Gasteiger partial charge on any atom is 0.0949 e. The first-order valence-corrected chi connectivity index (χ1v) is 8.34. The molecule has 2 aromatic rings. The van der Waals surface area contributed by atoms with Crippen molar-refractivity contribution in [1.29, 1.82) is 0 Å². The lowest BCUT2D eigenvalue weighted by molar-refractivity contribution is 0.102. The van der Waals surface area contributed by atoms with Crippen LogP contribution in [0.25, 0.3) is 0 Å². The van der Waals surface area contributed by atoms with E-state index in [1.54, 1.807) is 0 Å². The third kappa shape index (κ3) is 3.20. The Labute approximate surface area is 130 Å². The van der Waals surface area contributed by atoms with E-state index in [2.05, 4.69) is 47.5 Å². The molecule has 5 heteroatoms. The number of aryl methyl sites for hydroxylation is 2. The molecule has 2 aromatic heterocycles. The van der Waals surface area contributed by atoms with Crippen molar-refractivity contribution < 1.29 is 4.74 Å². The molecule has 1 aliphatic heterocycles. The SMILES string of the molecule is CCOCC1CN(Cc2ccc(C)s2)Cc2ncn(C)c21. The molecular weight excluding hydrogens is 282 g/mol. The second kappa shape index (κ2) is 6.30. The van der Waals surface area contributed by atoms with Gasteiger partial charge in [0.1, 0.15) is 0 Å². The number of hydrogen-bond acceptors (Lipinski definition) is 4. The first kappa shape index (κ1) is 14.8. The van der Waals surface area contributed by atoms with E-state index in [9.17, 15) is 0 Å². The molecule has 21 heavy (non-hydrogen) atoms. The van der Waals surface area contributed by atoms with E-state index in [1.807, 2.05) is 17.7 Å². The Morgan fingerprint density at radius 1 is 1.43 bits per heavy atom. The van der Waals surface area contributed by atoms with Gasteiger partial charge in [-0.15, -0.1) is 11.3 Å². The van der Waals surface area contributed by atoms with Crippen LogP contribution >= 0.6 is 11.3 Å². The van der Waals surface area contributed by atoms with Crippen LogP contribution in [0, 0.1) is 6.92 Å². The molecule has 1 aliphatic rings. The molecule has 4 nitrogen and oxygen atoms in total. The molecule has 0 spiro atoms. The lowest BCUT2D eigenvalue weighted by Gasteiger charge is -2.32. The highest BCUT2D eigenvalue weighted by molar-refractivity contribution is 7.11. The lowest BCUT2D eigenvalue weighted by Crippen LogP contribution is -2.35. The van der Waals surface area contributed by atoms with Crippen molar-refractivity contribution in [3.05, 3.63) is 39.6 Å². The summed E-state index contributed by atoms with van der Waals surface area (Å²) in [7, 11) is 2.09. The van der Waals surface area contributed by atoms with Crippen molar-refractivity contribution >= 4 is 11.3 Å². The Hall–Kier alpha value is -1.17. The normalized spacial score (nSPS) is 18.9. The fourth-order valence-corrected chi connectivity index (χ4v) is 4.04. The lowest BCUT2D eigenvalue weighted by atomic mass is 9.99. The van der Waals surface area contributed by atoms with Gasteiger partial charge in [-0.05, 0) is 26.0 Å². The maximum absolute atomic E-state index is 5.69. The summed E-state index contributed by atoms with van der Waals surface area (Å²) in [5.74, 6) is 0.419. The van der Waals surface area contributed by atoms with Crippen LogP contribution in [-0.2, 0) is 24.9 Å². The molecule has 0 saturated carbocycles. The molecule has 1 atom stereocenters. The molecule has 0 radical (unpaired) electrons. The number of hydrogen-bond donors (Lipinski definition) is 0. The molecule has 3 rings (SSSR count). The minimum Gasteiger partial charge on any atom is -0.381 e. The quantitative estimate of drug-likeness (QED) is 0.851. The standard InChI is InChI=1S/C16H23N3OS/c1-4-20-10-13-7-19(8-14-6-5-12(2)21-14)9-15-16(13)18(3)11-17-15/h5-6,11,13H,4,7-10H2,1-3H3. The Morgan fingerprint density at radius 3 is 3.00 bits per heavy atom. The number of ether oxygens (including phenoxy) is 1. The number of fused-ring (bicyclic) bond motifs is 1. The minimum atomic E-state index is 0.419. The monoisotopic (exact) mass is 305 g/mol. The van der Waals surface area contributed by atoms with Crippen molar-refractivity contribution in [1.82, 2.24) is 14.5 Å². The van der Waals surface area contributed by atoms with Crippen molar-refractivity contribution in [2.75, 3.05) is 19.8 Å². The molecule has 0 N–H and O–H groups in total. The van der Waals surface area contributed by atoms with Gasteiger partial charge in [-0.25, -0.2) is 4.98 Å². The molecule has 0 saturated heterocycles. The molecule has 0 fully saturated rings. The number of thiophene rings is 1. The highest BCUT2D eigenvalue weighted by atomic mass is 32.1. The van der Waals surface area contributed by atoms with Gasteiger partial charge >= 0.3 is 0 Å². The molecule has 0 aromatic carbocycles. The summed E-state index contributed by atoms with van der Waals surface area (Å²) in [5.41, 5.74) is 2.56. The number of imidazole rings is 1. The van der Waals surface area contributed by atoms with E-state index < -0.39 is 0 Å². The number of rotatable bonds is 5. The average molecular weight is 305 g/mol. The van der Waals surface area contributed by atoms with Crippen molar-refractivity contribution in [2.24, 2.45) is 7.05 Å². The summed E-state index contributed by atoms with van der Waals surface area (Å²) in [6.45, 7) is 8.77. The van der Waals surface area contributed by atoms with E-state index in [0.29, 0.717) is 5.92 Å². The third-order valence-corrected chi connectivity index (χ3v) is 4.99. The largest absolute Gasteiger partial charge is 0.381 e. The molecule has 0 amide bonds. The fraction of sp³-hybridized carbons (Fsp3) is 0.562. The van der Waals surface area contributed by atoms with Crippen LogP contribution < -0.4 is 0 Å². The summed E-state index contributed by atoms with van der Waals surface area (Å²) in [5, 5.41) is 0. The Kier molecular flexibility index (Phi) is 4.42. The van der Waals surface area contributed by atoms with Gasteiger partial charge in [-0.2, -0.15) is 0 Å². The summed E-state index contributed by atoms with van der Waals surface area (Å²) in [4.78, 5) is 9.88. The van der Waals surface area contributed by atoms with E-state index in [4.69, 9.17) is 4.74 Å². The van der Waals surface area contributed by atoms with Crippen molar-refractivity contribution in [3.63, 3.8) is 0 Å². The van der Waals surface area contributed by atoms with Gasteiger partial charge in [-0.3, -0.25) is 4.90 Å². The summed E-state index contributed by atoms with van der Waals surface area (Å²) in [6, 6.07) is 4.44. The topological polar surface area (TPSA) is 30.3 Å². The van der Waals surface area contributed by atoms with Gasteiger partial charge in [-0.1, -0.05) is 0 Å².